The number of carboxylic acid groups (broad SMARTS) is 1. The van der Waals surface area contributed by atoms with Crippen molar-refractivity contribution in [3.8, 4) is 11.3 Å². The number of carbonyl (C=O) groups excluding carboxylic acids is 1. The number of hydrogen-bond acceptors (Lipinski definition) is 8. The van der Waals surface area contributed by atoms with Gasteiger partial charge in [-0.05, 0) is 55.9 Å². The van der Waals surface area contributed by atoms with Gasteiger partial charge in [0.15, 0.2) is 16.7 Å². The maximum atomic E-state index is 14.6. The maximum absolute atomic E-state index is 14.6. The van der Waals surface area contributed by atoms with Gasteiger partial charge < -0.3 is 19.3 Å². The summed E-state index contributed by atoms with van der Waals surface area (Å²) in [5, 5.41) is 14.8. The quantitative estimate of drug-likeness (QED) is 0.245. The van der Waals surface area contributed by atoms with Crippen LogP contribution in [0.1, 0.15) is 58.1 Å². The van der Waals surface area contributed by atoms with Crippen LogP contribution >= 0.6 is 34.5 Å². The van der Waals surface area contributed by atoms with Gasteiger partial charge in [-0.3, -0.25) is 0 Å². The number of halogens is 3. The summed E-state index contributed by atoms with van der Waals surface area (Å²) in [6.45, 7) is 0.701. The number of aromatic carboxylic acids is 1. The molecule has 3 heterocycles. The first-order valence-electron chi connectivity index (χ1n) is 12.5. The molecule has 0 unspecified atom stereocenters. The van der Waals surface area contributed by atoms with E-state index in [1.165, 1.54) is 17.4 Å². The predicted octanol–water partition coefficient (Wildman–Crippen LogP) is 6.80. The number of carboxylic acids is 1. The summed E-state index contributed by atoms with van der Waals surface area (Å²) in [5.41, 5.74) is 0.962. The third-order valence-corrected chi connectivity index (χ3v) is 9.35. The number of benzene rings is 2. The van der Waals surface area contributed by atoms with Crippen molar-refractivity contribution in [2.24, 2.45) is 5.92 Å². The van der Waals surface area contributed by atoms with E-state index in [4.69, 9.17) is 32.5 Å². The molecule has 1 aliphatic heterocycles. The van der Waals surface area contributed by atoms with Gasteiger partial charge in [0.1, 0.15) is 22.9 Å². The fourth-order valence-corrected chi connectivity index (χ4v) is 7.41. The van der Waals surface area contributed by atoms with Crippen LogP contribution in [0.3, 0.4) is 0 Å². The highest BCUT2D eigenvalue weighted by atomic mass is 35.5. The summed E-state index contributed by atoms with van der Waals surface area (Å²) in [7, 11) is 0. The number of aromatic nitrogens is 2. The number of thiazole rings is 1. The highest BCUT2D eigenvalue weighted by Gasteiger charge is 2.49. The highest BCUT2D eigenvalue weighted by molar-refractivity contribution is 7.22. The van der Waals surface area contributed by atoms with Gasteiger partial charge in [0.05, 0.1) is 26.4 Å². The summed E-state index contributed by atoms with van der Waals surface area (Å²) >= 11 is 14.1. The molecule has 7 rings (SSSR count). The zero-order chi connectivity index (χ0) is 27.0. The molecule has 2 saturated carbocycles. The zero-order valence-corrected chi connectivity index (χ0v) is 22.5. The first-order valence-corrected chi connectivity index (χ1v) is 14.1. The van der Waals surface area contributed by atoms with Crippen molar-refractivity contribution in [1.29, 1.82) is 0 Å². The van der Waals surface area contributed by atoms with Crippen LogP contribution in [0.5, 0.6) is 0 Å². The summed E-state index contributed by atoms with van der Waals surface area (Å²) < 4.78 is 26.8. The van der Waals surface area contributed by atoms with Gasteiger partial charge in [0.2, 0.25) is 0 Å². The van der Waals surface area contributed by atoms with Gasteiger partial charge in [-0.25, -0.2) is 19.0 Å². The second-order valence-electron chi connectivity index (χ2n) is 10.2. The second-order valence-corrected chi connectivity index (χ2v) is 12.1. The van der Waals surface area contributed by atoms with E-state index in [1.54, 1.807) is 18.2 Å². The molecule has 3 atom stereocenters. The maximum Gasteiger partial charge on any atom is 0.344 e. The lowest BCUT2D eigenvalue weighted by Gasteiger charge is -2.32. The summed E-state index contributed by atoms with van der Waals surface area (Å²) in [4.78, 5) is 31.6. The number of fused-ring (bicyclic) bond motifs is 3. The molecule has 200 valence electrons. The molecule has 0 spiro atoms. The molecule has 0 radical (unpaired) electrons. The van der Waals surface area contributed by atoms with Gasteiger partial charge in [-0.2, -0.15) is 0 Å². The Labute approximate surface area is 235 Å². The van der Waals surface area contributed by atoms with Gasteiger partial charge >= 0.3 is 11.9 Å². The lowest BCUT2D eigenvalue weighted by Crippen LogP contribution is -2.43. The highest BCUT2D eigenvalue weighted by Crippen LogP contribution is 2.48. The SMILES string of the molecule is O=C(O)c1cc(F)c2nc(N3C[C@@H]4C[C@H](OC(=O)c5c(-c6c(Cl)cccc6Cl)noc5C5CC5)[C@H]3C4)sc2c1. The monoisotopic (exact) mass is 587 g/mol. The average molecular weight is 588 g/mol. The molecule has 8 nitrogen and oxygen atoms in total. The molecule has 4 aromatic rings. The Balaban J connectivity index is 1.19. The largest absolute Gasteiger partial charge is 0.478 e. The van der Waals surface area contributed by atoms with E-state index in [2.05, 4.69) is 10.1 Å². The van der Waals surface area contributed by atoms with Gasteiger partial charge in [-0.15, -0.1) is 0 Å². The molecular weight excluding hydrogens is 568 g/mol. The first-order chi connectivity index (χ1) is 18.8. The van der Waals surface area contributed by atoms with Crippen LogP contribution < -0.4 is 4.90 Å². The molecular formula is C27H20Cl2FN3O5S. The smallest absolute Gasteiger partial charge is 0.344 e. The van der Waals surface area contributed by atoms with E-state index >= 15 is 0 Å². The van der Waals surface area contributed by atoms with E-state index in [9.17, 15) is 19.1 Å². The van der Waals surface area contributed by atoms with Crippen LogP contribution in [0, 0.1) is 11.7 Å². The Morgan fingerprint density at radius 2 is 1.95 bits per heavy atom. The zero-order valence-electron chi connectivity index (χ0n) is 20.2. The van der Waals surface area contributed by atoms with E-state index in [1.807, 2.05) is 4.90 Å². The van der Waals surface area contributed by atoms with Crippen molar-refractivity contribution in [1.82, 2.24) is 10.1 Å². The minimum Gasteiger partial charge on any atom is -0.478 e. The minimum atomic E-state index is -1.20. The fourth-order valence-electron chi connectivity index (χ4n) is 5.75. The van der Waals surface area contributed by atoms with E-state index in [-0.39, 0.29) is 40.2 Å². The molecule has 0 amide bonds. The topological polar surface area (TPSA) is 106 Å². The molecule has 1 saturated heterocycles. The minimum absolute atomic E-state index is 0.0972. The van der Waals surface area contributed by atoms with Crippen LogP contribution in [-0.4, -0.2) is 45.9 Å². The van der Waals surface area contributed by atoms with Crippen molar-refractivity contribution < 1.29 is 28.3 Å². The fraction of sp³-hybridized carbons (Fsp3) is 0.333. The lowest BCUT2D eigenvalue weighted by molar-refractivity contribution is 0.0247. The Morgan fingerprint density at radius 1 is 1.18 bits per heavy atom. The molecule has 39 heavy (non-hydrogen) atoms. The Hall–Kier alpha value is -3.21. The molecule has 1 N–H and O–H groups in total. The second kappa shape index (κ2) is 9.18. The average Bonchev–Trinajstić information content (AvgIpc) is 3.23. The molecule has 2 aliphatic carbocycles. The van der Waals surface area contributed by atoms with Gasteiger partial charge in [0, 0.05) is 18.0 Å². The molecule has 3 fully saturated rings. The van der Waals surface area contributed by atoms with Crippen molar-refractivity contribution >= 4 is 61.8 Å². The van der Waals surface area contributed by atoms with Crippen LogP contribution in [0.15, 0.2) is 34.9 Å². The van der Waals surface area contributed by atoms with Crippen molar-refractivity contribution in [3.05, 3.63) is 63.1 Å². The van der Waals surface area contributed by atoms with Crippen LogP contribution in [0.2, 0.25) is 10.0 Å². The van der Waals surface area contributed by atoms with Crippen molar-refractivity contribution in [2.45, 2.75) is 43.7 Å². The molecule has 2 aromatic carbocycles. The molecule has 3 aliphatic rings. The number of ether oxygens (including phenoxy) is 1. The number of esters is 1. The van der Waals surface area contributed by atoms with Crippen molar-refractivity contribution in [3.63, 3.8) is 0 Å². The number of piperidine rings is 1. The normalized spacial score (nSPS) is 22.1. The number of rotatable bonds is 6. The number of carbonyl (C=O) groups is 2. The Bertz CT molecular complexity index is 1650. The van der Waals surface area contributed by atoms with E-state index in [0.717, 1.165) is 25.3 Å². The molecule has 2 aromatic heterocycles. The Kier molecular flexibility index (Phi) is 5.84. The summed E-state index contributed by atoms with van der Waals surface area (Å²) in [5.74, 6) is -1.55. The van der Waals surface area contributed by atoms with Gasteiger partial charge in [0.25, 0.3) is 0 Å². The lowest BCUT2D eigenvalue weighted by atomic mass is 10.0. The van der Waals surface area contributed by atoms with Crippen molar-refractivity contribution in [2.75, 3.05) is 11.4 Å². The molecule has 12 heteroatoms. The third-order valence-electron chi connectivity index (χ3n) is 7.68. The van der Waals surface area contributed by atoms with E-state index < -0.39 is 23.9 Å². The number of hydrogen-bond donors (Lipinski definition) is 1. The molecule has 2 bridgehead atoms. The predicted molar refractivity (Wildman–Crippen MR) is 144 cm³/mol. The Morgan fingerprint density at radius 3 is 2.64 bits per heavy atom. The summed E-state index contributed by atoms with van der Waals surface area (Å²) in [6, 6.07) is 7.34. The van der Waals surface area contributed by atoms with Gasteiger partial charge in [-0.1, -0.05) is 45.8 Å². The third kappa shape index (κ3) is 4.16. The number of nitrogens with zero attached hydrogens (tertiary/aromatic N) is 3. The standard InChI is InChI=1S/C27H20Cl2FN3O5S/c28-14-2-1-3-15(29)20(14)23-21(24(38-32-23)12-4-5-12)26(36)37-18-7-11-6-17(18)33(10-11)27-31-22-16(30)8-13(25(34)35)9-19(22)39-27/h1-3,8-9,11-12,17-18H,4-7,10H2,(H,34,35)/t11-,17+,18-/m0/s1. The summed E-state index contributed by atoms with van der Waals surface area (Å²) in [6.07, 6.45) is 2.87. The number of anilines is 1. The first kappa shape index (κ1) is 24.8. The van der Waals surface area contributed by atoms with Crippen LogP contribution in [0.25, 0.3) is 21.5 Å². The van der Waals surface area contributed by atoms with Crippen LogP contribution in [0.4, 0.5) is 9.52 Å². The van der Waals surface area contributed by atoms with Crippen LogP contribution in [-0.2, 0) is 4.74 Å². The van der Waals surface area contributed by atoms with E-state index in [0.29, 0.717) is 44.2 Å².